The minimum Gasteiger partial charge on any atom is -0.385 e. The Labute approximate surface area is 96.7 Å². The summed E-state index contributed by atoms with van der Waals surface area (Å²) < 4.78 is 2.09. The molecule has 0 aliphatic rings. The summed E-state index contributed by atoms with van der Waals surface area (Å²) in [5.74, 6) is 0.846. The molecule has 0 spiro atoms. The van der Waals surface area contributed by atoms with E-state index in [1.807, 2.05) is 0 Å². The lowest BCUT2D eigenvalue weighted by Gasteiger charge is -2.10. The third kappa shape index (κ3) is 1.83. The van der Waals surface area contributed by atoms with Crippen molar-refractivity contribution >= 4 is 5.82 Å². The zero-order valence-corrected chi connectivity index (χ0v) is 10.1. The van der Waals surface area contributed by atoms with Crippen molar-refractivity contribution in [2.45, 2.75) is 26.8 Å². The van der Waals surface area contributed by atoms with Gasteiger partial charge in [-0.3, -0.25) is 0 Å². The van der Waals surface area contributed by atoms with Crippen molar-refractivity contribution in [3.8, 4) is 11.1 Å². The predicted octanol–water partition coefficient (Wildman–Crippen LogP) is 3.63. The van der Waals surface area contributed by atoms with E-state index < -0.39 is 0 Å². The number of benzene rings is 1. The van der Waals surface area contributed by atoms with E-state index in [0.717, 1.165) is 11.4 Å². The maximum absolute atomic E-state index is 6.14. The second-order valence-corrected chi connectivity index (χ2v) is 4.48. The maximum Gasteiger partial charge on any atom is 0.111 e. The number of hydrogen-bond donors (Lipinski definition) is 1. The molecule has 16 heavy (non-hydrogen) atoms. The van der Waals surface area contributed by atoms with Gasteiger partial charge in [-0.15, -0.1) is 0 Å². The fraction of sp³-hybridized carbons (Fsp3) is 0.286. The van der Waals surface area contributed by atoms with Crippen LogP contribution in [0.4, 0.5) is 5.82 Å². The molecule has 2 aromatic rings. The fourth-order valence-corrected chi connectivity index (χ4v) is 1.89. The van der Waals surface area contributed by atoms with Crippen LogP contribution in [0.2, 0.25) is 0 Å². The SMILES string of the molecule is Cc1ccc(-c2ccn(C(C)C)c2N)cc1. The van der Waals surface area contributed by atoms with Crippen molar-refractivity contribution in [1.29, 1.82) is 0 Å². The highest BCUT2D eigenvalue weighted by Gasteiger charge is 2.09. The van der Waals surface area contributed by atoms with E-state index in [1.54, 1.807) is 0 Å². The van der Waals surface area contributed by atoms with Crippen LogP contribution in [-0.4, -0.2) is 4.57 Å². The number of nitrogens with two attached hydrogens (primary N) is 1. The number of nitrogens with zero attached hydrogens (tertiary/aromatic N) is 1. The first-order valence-corrected chi connectivity index (χ1v) is 5.63. The number of aromatic nitrogens is 1. The highest BCUT2D eigenvalue weighted by atomic mass is 15.1. The molecule has 0 radical (unpaired) electrons. The van der Waals surface area contributed by atoms with Gasteiger partial charge in [0.1, 0.15) is 5.82 Å². The minimum absolute atomic E-state index is 0.402. The number of nitrogen functional groups attached to an aromatic ring is 1. The van der Waals surface area contributed by atoms with Gasteiger partial charge in [0, 0.05) is 17.8 Å². The Morgan fingerprint density at radius 2 is 1.69 bits per heavy atom. The molecule has 84 valence electrons. The fourth-order valence-electron chi connectivity index (χ4n) is 1.89. The summed E-state index contributed by atoms with van der Waals surface area (Å²) in [7, 11) is 0. The summed E-state index contributed by atoms with van der Waals surface area (Å²) in [5, 5.41) is 0. The summed E-state index contributed by atoms with van der Waals surface area (Å²) in [6, 6.07) is 10.9. The maximum atomic E-state index is 6.14. The van der Waals surface area contributed by atoms with Gasteiger partial charge in [0.2, 0.25) is 0 Å². The zero-order valence-electron chi connectivity index (χ0n) is 10.1. The van der Waals surface area contributed by atoms with Crippen LogP contribution in [0, 0.1) is 6.92 Å². The lowest BCUT2D eigenvalue weighted by molar-refractivity contribution is 0.612. The number of aryl methyl sites for hydroxylation is 1. The van der Waals surface area contributed by atoms with Gasteiger partial charge in [-0.05, 0) is 32.4 Å². The Bertz CT molecular complexity index is 478. The van der Waals surface area contributed by atoms with E-state index in [1.165, 1.54) is 11.1 Å². The van der Waals surface area contributed by atoms with Crippen molar-refractivity contribution < 1.29 is 0 Å². The number of anilines is 1. The van der Waals surface area contributed by atoms with Crippen LogP contribution in [0.15, 0.2) is 36.5 Å². The molecule has 2 N–H and O–H groups in total. The third-order valence-corrected chi connectivity index (χ3v) is 2.87. The van der Waals surface area contributed by atoms with Crippen LogP contribution in [0.25, 0.3) is 11.1 Å². The van der Waals surface area contributed by atoms with E-state index in [2.05, 4.69) is 61.9 Å². The van der Waals surface area contributed by atoms with Crippen LogP contribution < -0.4 is 5.73 Å². The van der Waals surface area contributed by atoms with Crippen molar-refractivity contribution in [3.63, 3.8) is 0 Å². The van der Waals surface area contributed by atoms with Crippen molar-refractivity contribution in [2.75, 3.05) is 5.73 Å². The molecule has 1 heterocycles. The molecule has 2 nitrogen and oxygen atoms in total. The van der Waals surface area contributed by atoms with Gasteiger partial charge in [-0.25, -0.2) is 0 Å². The summed E-state index contributed by atoms with van der Waals surface area (Å²) in [4.78, 5) is 0. The second kappa shape index (κ2) is 4.05. The minimum atomic E-state index is 0.402. The molecule has 0 amide bonds. The van der Waals surface area contributed by atoms with E-state index in [9.17, 15) is 0 Å². The topological polar surface area (TPSA) is 30.9 Å². The molecule has 0 fully saturated rings. The average Bonchev–Trinajstić information content (AvgIpc) is 2.61. The molecule has 0 bridgehead atoms. The monoisotopic (exact) mass is 214 g/mol. The van der Waals surface area contributed by atoms with E-state index >= 15 is 0 Å². The summed E-state index contributed by atoms with van der Waals surface area (Å²) in [5.41, 5.74) is 9.71. The standard InChI is InChI=1S/C14H18N2/c1-10(2)16-9-8-13(14(16)15)12-6-4-11(3)5-7-12/h4-10H,15H2,1-3H3. The molecule has 0 unspecified atom stereocenters. The molecule has 2 rings (SSSR count). The first-order chi connectivity index (χ1) is 7.59. The molecule has 0 aliphatic heterocycles. The molecule has 0 saturated heterocycles. The van der Waals surface area contributed by atoms with E-state index in [4.69, 9.17) is 5.73 Å². The summed E-state index contributed by atoms with van der Waals surface area (Å²) in [6.07, 6.45) is 2.05. The van der Waals surface area contributed by atoms with Crippen molar-refractivity contribution in [2.24, 2.45) is 0 Å². The van der Waals surface area contributed by atoms with Crippen molar-refractivity contribution in [3.05, 3.63) is 42.1 Å². The Hall–Kier alpha value is -1.70. The molecule has 0 saturated carbocycles. The van der Waals surface area contributed by atoms with Gasteiger partial charge >= 0.3 is 0 Å². The summed E-state index contributed by atoms with van der Waals surface area (Å²) in [6.45, 7) is 6.36. The first kappa shape index (κ1) is 10.8. The van der Waals surface area contributed by atoms with Gasteiger partial charge < -0.3 is 10.3 Å². The van der Waals surface area contributed by atoms with E-state index in [0.29, 0.717) is 6.04 Å². The Morgan fingerprint density at radius 3 is 2.19 bits per heavy atom. The zero-order chi connectivity index (χ0) is 11.7. The quantitative estimate of drug-likeness (QED) is 0.813. The van der Waals surface area contributed by atoms with Crippen LogP contribution in [0.3, 0.4) is 0 Å². The van der Waals surface area contributed by atoms with Crippen LogP contribution in [0.1, 0.15) is 25.5 Å². The van der Waals surface area contributed by atoms with Gasteiger partial charge in [0.05, 0.1) is 0 Å². The lowest BCUT2D eigenvalue weighted by Crippen LogP contribution is -2.04. The number of hydrogen-bond acceptors (Lipinski definition) is 1. The van der Waals surface area contributed by atoms with Crippen LogP contribution in [0.5, 0.6) is 0 Å². The van der Waals surface area contributed by atoms with Gasteiger partial charge in [0.25, 0.3) is 0 Å². The van der Waals surface area contributed by atoms with Crippen LogP contribution in [-0.2, 0) is 0 Å². The molecule has 2 heteroatoms. The second-order valence-electron chi connectivity index (χ2n) is 4.48. The van der Waals surface area contributed by atoms with Gasteiger partial charge in [0.15, 0.2) is 0 Å². The first-order valence-electron chi connectivity index (χ1n) is 5.63. The number of rotatable bonds is 2. The van der Waals surface area contributed by atoms with E-state index in [-0.39, 0.29) is 0 Å². The normalized spacial score (nSPS) is 11.0. The average molecular weight is 214 g/mol. The predicted molar refractivity (Wildman–Crippen MR) is 69.4 cm³/mol. The molecule has 1 aromatic carbocycles. The highest BCUT2D eigenvalue weighted by Crippen LogP contribution is 2.29. The Kier molecular flexibility index (Phi) is 2.73. The largest absolute Gasteiger partial charge is 0.385 e. The molecular weight excluding hydrogens is 196 g/mol. The van der Waals surface area contributed by atoms with Gasteiger partial charge in [-0.1, -0.05) is 29.8 Å². The Balaban J connectivity index is 2.45. The molecule has 0 atom stereocenters. The smallest absolute Gasteiger partial charge is 0.111 e. The van der Waals surface area contributed by atoms with Crippen molar-refractivity contribution in [1.82, 2.24) is 4.57 Å². The van der Waals surface area contributed by atoms with Crippen LogP contribution >= 0.6 is 0 Å². The highest BCUT2D eigenvalue weighted by molar-refractivity contribution is 5.74. The third-order valence-electron chi connectivity index (χ3n) is 2.87. The lowest BCUT2D eigenvalue weighted by atomic mass is 10.1. The Morgan fingerprint density at radius 1 is 1.06 bits per heavy atom. The summed E-state index contributed by atoms with van der Waals surface area (Å²) >= 11 is 0. The molecular formula is C14H18N2. The molecule has 0 aliphatic carbocycles. The van der Waals surface area contributed by atoms with Gasteiger partial charge in [-0.2, -0.15) is 0 Å². The molecule has 1 aromatic heterocycles.